The van der Waals surface area contributed by atoms with Crippen molar-refractivity contribution in [3.63, 3.8) is 0 Å². The monoisotopic (exact) mass is 268 g/mol. The molecule has 0 fully saturated rings. The molecule has 4 nitrogen and oxygen atoms in total. The van der Waals surface area contributed by atoms with Gasteiger partial charge in [-0.3, -0.25) is 4.79 Å². The van der Waals surface area contributed by atoms with Crippen LogP contribution in [0.5, 0.6) is 0 Å². The van der Waals surface area contributed by atoms with Crippen LogP contribution in [0.4, 0.5) is 5.69 Å². The van der Waals surface area contributed by atoms with Crippen LogP contribution in [0, 0.1) is 11.8 Å². The van der Waals surface area contributed by atoms with Crippen LogP contribution in [-0.2, 0) is 6.54 Å². The molecule has 1 heterocycles. The average molecular weight is 268 g/mol. The van der Waals surface area contributed by atoms with Crippen LogP contribution in [0.25, 0.3) is 0 Å². The molecule has 20 heavy (non-hydrogen) atoms. The molecule has 1 aromatic heterocycles. The standard InChI is InChI=1S/C16H16N2O2/c1-2-18-11-3-6-15(18)16(20)17-14-9-7-13(8-10-14)5-4-12-19/h3,6-11,19H,2,12H2,1H3,(H,17,20). The third kappa shape index (κ3) is 3.28. The Balaban J connectivity index is 2.08. The van der Waals surface area contributed by atoms with E-state index in [-0.39, 0.29) is 12.5 Å². The average Bonchev–Trinajstić information content (AvgIpc) is 2.95. The molecule has 0 aliphatic carbocycles. The van der Waals surface area contributed by atoms with Crippen molar-refractivity contribution < 1.29 is 9.90 Å². The summed E-state index contributed by atoms with van der Waals surface area (Å²) < 4.78 is 1.89. The molecule has 1 aromatic carbocycles. The number of rotatable bonds is 3. The van der Waals surface area contributed by atoms with Gasteiger partial charge in [-0.2, -0.15) is 0 Å². The predicted molar refractivity (Wildman–Crippen MR) is 78.5 cm³/mol. The highest BCUT2D eigenvalue weighted by Crippen LogP contribution is 2.11. The van der Waals surface area contributed by atoms with Crippen LogP contribution in [0.15, 0.2) is 42.6 Å². The SMILES string of the molecule is CCn1cccc1C(=O)Nc1ccc(C#CCO)cc1. The lowest BCUT2D eigenvalue weighted by Gasteiger charge is -2.07. The lowest BCUT2D eigenvalue weighted by atomic mass is 10.2. The second kappa shape index (κ2) is 6.60. The smallest absolute Gasteiger partial charge is 0.272 e. The van der Waals surface area contributed by atoms with Crippen molar-refractivity contribution in [3.8, 4) is 11.8 Å². The number of benzene rings is 1. The van der Waals surface area contributed by atoms with Crippen molar-refractivity contribution in [2.24, 2.45) is 0 Å². The highest BCUT2D eigenvalue weighted by atomic mass is 16.2. The maximum atomic E-state index is 12.1. The van der Waals surface area contributed by atoms with Gasteiger partial charge in [0.1, 0.15) is 12.3 Å². The summed E-state index contributed by atoms with van der Waals surface area (Å²) >= 11 is 0. The fraction of sp³-hybridized carbons (Fsp3) is 0.188. The van der Waals surface area contributed by atoms with Gasteiger partial charge in [-0.25, -0.2) is 0 Å². The van der Waals surface area contributed by atoms with E-state index in [1.165, 1.54) is 0 Å². The van der Waals surface area contributed by atoms with E-state index in [1.54, 1.807) is 30.3 Å². The number of aliphatic hydroxyl groups is 1. The second-order valence-electron chi connectivity index (χ2n) is 4.17. The number of anilines is 1. The van der Waals surface area contributed by atoms with Crippen molar-refractivity contribution in [1.82, 2.24) is 4.57 Å². The van der Waals surface area contributed by atoms with Gasteiger partial charge < -0.3 is 15.0 Å². The zero-order valence-electron chi connectivity index (χ0n) is 11.3. The van der Waals surface area contributed by atoms with E-state index in [0.29, 0.717) is 11.4 Å². The Labute approximate surface area is 118 Å². The van der Waals surface area contributed by atoms with Crippen LogP contribution in [0.1, 0.15) is 23.0 Å². The Bertz CT molecular complexity index is 645. The maximum absolute atomic E-state index is 12.1. The first kappa shape index (κ1) is 13.9. The zero-order valence-corrected chi connectivity index (χ0v) is 11.3. The molecule has 102 valence electrons. The Morgan fingerprint density at radius 3 is 2.70 bits per heavy atom. The molecule has 0 atom stereocenters. The van der Waals surface area contributed by atoms with Gasteiger partial charge in [0.15, 0.2) is 0 Å². The van der Waals surface area contributed by atoms with Gasteiger partial charge in [0.25, 0.3) is 5.91 Å². The van der Waals surface area contributed by atoms with E-state index in [2.05, 4.69) is 17.2 Å². The molecule has 0 unspecified atom stereocenters. The minimum absolute atomic E-state index is 0.133. The van der Waals surface area contributed by atoms with Gasteiger partial charge in [-0.05, 0) is 43.3 Å². The predicted octanol–water partition coefficient (Wildman–Crippen LogP) is 2.10. The number of aromatic nitrogens is 1. The molecule has 2 N–H and O–H groups in total. The molecule has 0 saturated heterocycles. The van der Waals surface area contributed by atoms with Crippen molar-refractivity contribution in [3.05, 3.63) is 53.9 Å². The van der Waals surface area contributed by atoms with Crippen LogP contribution < -0.4 is 5.32 Å². The molecule has 0 radical (unpaired) electrons. The van der Waals surface area contributed by atoms with Gasteiger partial charge in [-0.1, -0.05) is 11.8 Å². The fourth-order valence-electron chi connectivity index (χ4n) is 1.87. The Hall–Kier alpha value is -2.51. The summed E-state index contributed by atoms with van der Waals surface area (Å²) in [7, 11) is 0. The van der Waals surface area contributed by atoms with Crippen LogP contribution in [-0.4, -0.2) is 22.2 Å². The van der Waals surface area contributed by atoms with E-state index in [0.717, 1.165) is 12.1 Å². The molecule has 0 saturated carbocycles. The van der Waals surface area contributed by atoms with E-state index in [4.69, 9.17) is 5.11 Å². The zero-order chi connectivity index (χ0) is 14.4. The highest BCUT2D eigenvalue weighted by molar-refractivity contribution is 6.03. The first-order valence-electron chi connectivity index (χ1n) is 6.41. The molecule has 0 bridgehead atoms. The maximum Gasteiger partial charge on any atom is 0.272 e. The van der Waals surface area contributed by atoms with Crippen molar-refractivity contribution in [2.45, 2.75) is 13.5 Å². The second-order valence-corrected chi connectivity index (χ2v) is 4.17. The van der Waals surface area contributed by atoms with Crippen molar-refractivity contribution >= 4 is 11.6 Å². The molecule has 0 spiro atoms. The number of hydrogen-bond donors (Lipinski definition) is 2. The fourth-order valence-corrected chi connectivity index (χ4v) is 1.87. The largest absolute Gasteiger partial charge is 0.384 e. The number of nitrogens with one attached hydrogen (secondary N) is 1. The van der Waals surface area contributed by atoms with Crippen LogP contribution in [0.2, 0.25) is 0 Å². The van der Waals surface area contributed by atoms with Gasteiger partial charge in [0.2, 0.25) is 0 Å². The summed E-state index contributed by atoms with van der Waals surface area (Å²) in [6, 6.07) is 10.8. The Morgan fingerprint density at radius 2 is 2.05 bits per heavy atom. The first-order valence-corrected chi connectivity index (χ1v) is 6.41. The van der Waals surface area contributed by atoms with Gasteiger partial charge in [-0.15, -0.1) is 0 Å². The van der Waals surface area contributed by atoms with E-state index in [9.17, 15) is 4.79 Å². The number of carbonyl (C=O) groups excluding carboxylic acids is 1. The molecular weight excluding hydrogens is 252 g/mol. The van der Waals surface area contributed by atoms with E-state index in [1.807, 2.05) is 23.8 Å². The van der Waals surface area contributed by atoms with Crippen LogP contribution in [0.3, 0.4) is 0 Å². The normalized spacial score (nSPS) is 9.70. The Kier molecular flexibility index (Phi) is 4.59. The topological polar surface area (TPSA) is 54.3 Å². The third-order valence-electron chi connectivity index (χ3n) is 2.86. The summed E-state index contributed by atoms with van der Waals surface area (Å²) in [5, 5.41) is 11.5. The number of amides is 1. The minimum Gasteiger partial charge on any atom is -0.384 e. The minimum atomic E-state index is -0.160. The molecule has 2 rings (SSSR count). The lowest BCUT2D eigenvalue weighted by molar-refractivity contribution is 0.101. The number of carbonyl (C=O) groups is 1. The molecule has 4 heteroatoms. The summed E-state index contributed by atoms with van der Waals surface area (Å²) in [6.45, 7) is 2.59. The van der Waals surface area contributed by atoms with Gasteiger partial charge in [0.05, 0.1) is 0 Å². The summed E-state index contributed by atoms with van der Waals surface area (Å²) in [5.74, 6) is 5.25. The third-order valence-corrected chi connectivity index (χ3v) is 2.86. The van der Waals surface area contributed by atoms with Crippen molar-refractivity contribution in [1.29, 1.82) is 0 Å². The quantitative estimate of drug-likeness (QED) is 0.838. The summed E-state index contributed by atoms with van der Waals surface area (Å²) in [5.41, 5.74) is 2.15. The lowest BCUT2D eigenvalue weighted by Crippen LogP contribution is -2.16. The van der Waals surface area contributed by atoms with Crippen molar-refractivity contribution in [2.75, 3.05) is 11.9 Å². The van der Waals surface area contributed by atoms with Crippen LogP contribution >= 0.6 is 0 Å². The summed E-state index contributed by atoms with van der Waals surface area (Å²) in [4.78, 5) is 12.1. The number of aliphatic hydroxyl groups excluding tert-OH is 1. The van der Waals surface area contributed by atoms with Gasteiger partial charge in [0, 0.05) is 24.0 Å². The first-order chi connectivity index (χ1) is 9.74. The van der Waals surface area contributed by atoms with E-state index < -0.39 is 0 Å². The number of nitrogens with zero attached hydrogens (tertiary/aromatic N) is 1. The molecule has 0 aliphatic heterocycles. The molecule has 0 aliphatic rings. The Morgan fingerprint density at radius 1 is 1.30 bits per heavy atom. The molecular formula is C16H16N2O2. The number of aryl methyl sites for hydroxylation is 1. The molecule has 2 aromatic rings. The summed E-state index contributed by atoms with van der Waals surface area (Å²) in [6.07, 6.45) is 1.88. The number of hydrogen-bond acceptors (Lipinski definition) is 2. The highest BCUT2D eigenvalue weighted by Gasteiger charge is 2.09. The van der Waals surface area contributed by atoms with Gasteiger partial charge >= 0.3 is 0 Å². The van der Waals surface area contributed by atoms with E-state index >= 15 is 0 Å². The molecule has 1 amide bonds.